The molecular weight excluding hydrogens is 218 g/mol. The van der Waals surface area contributed by atoms with Crippen LogP contribution < -0.4 is 5.73 Å². The average molecular weight is 226 g/mol. The molecular formula is C9H8ClN3S. The van der Waals surface area contributed by atoms with E-state index in [1.807, 2.05) is 24.3 Å². The summed E-state index contributed by atoms with van der Waals surface area (Å²) in [5.41, 5.74) is 7.35. The van der Waals surface area contributed by atoms with Crippen LogP contribution in [-0.2, 0) is 5.88 Å². The number of thiocarbonyl (C=S) groups is 1. The molecule has 0 atom stereocenters. The molecule has 3 nitrogen and oxygen atoms in total. The van der Waals surface area contributed by atoms with Crippen LogP contribution in [0.3, 0.4) is 0 Å². The third-order valence-electron chi connectivity index (χ3n) is 1.97. The van der Waals surface area contributed by atoms with Gasteiger partial charge < -0.3 is 5.73 Å². The number of rotatable bonds is 1. The van der Waals surface area contributed by atoms with Crippen LogP contribution in [0.1, 0.15) is 5.82 Å². The van der Waals surface area contributed by atoms with Crippen molar-refractivity contribution in [1.82, 2.24) is 9.55 Å². The summed E-state index contributed by atoms with van der Waals surface area (Å²) < 4.78 is 1.69. The van der Waals surface area contributed by atoms with Crippen LogP contribution in [0.15, 0.2) is 24.3 Å². The van der Waals surface area contributed by atoms with E-state index in [1.54, 1.807) is 4.57 Å². The summed E-state index contributed by atoms with van der Waals surface area (Å²) in [6.07, 6.45) is 0. The van der Waals surface area contributed by atoms with Gasteiger partial charge in [-0.3, -0.25) is 4.57 Å². The van der Waals surface area contributed by atoms with Gasteiger partial charge in [0.15, 0.2) is 5.11 Å². The highest BCUT2D eigenvalue weighted by molar-refractivity contribution is 7.80. The molecule has 0 spiro atoms. The summed E-state index contributed by atoms with van der Waals surface area (Å²) in [7, 11) is 0. The molecule has 1 aromatic carbocycles. The predicted molar refractivity (Wildman–Crippen MR) is 61.5 cm³/mol. The molecule has 0 fully saturated rings. The number of para-hydroxylation sites is 2. The van der Waals surface area contributed by atoms with Gasteiger partial charge in [-0.05, 0) is 24.4 Å². The van der Waals surface area contributed by atoms with E-state index in [4.69, 9.17) is 29.6 Å². The average Bonchev–Trinajstić information content (AvgIpc) is 2.55. The van der Waals surface area contributed by atoms with Gasteiger partial charge in [0.2, 0.25) is 0 Å². The second-order valence-corrected chi connectivity index (χ2v) is 3.51. The molecule has 0 bridgehead atoms. The van der Waals surface area contributed by atoms with Crippen molar-refractivity contribution in [3.63, 3.8) is 0 Å². The first-order valence-corrected chi connectivity index (χ1v) is 5.00. The van der Waals surface area contributed by atoms with E-state index in [2.05, 4.69) is 4.98 Å². The lowest BCUT2D eigenvalue weighted by atomic mass is 10.3. The number of aromatic nitrogens is 2. The van der Waals surface area contributed by atoms with Crippen LogP contribution >= 0.6 is 23.8 Å². The summed E-state index contributed by atoms with van der Waals surface area (Å²) in [5, 5.41) is 0.273. The minimum absolute atomic E-state index is 0.273. The Balaban J connectivity index is 2.81. The zero-order valence-electron chi connectivity index (χ0n) is 7.27. The van der Waals surface area contributed by atoms with Crippen molar-refractivity contribution in [3.8, 4) is 0 Å². The van der Waals surface area contributed by atoms with Gasteiger partial charge in [0.1, 0.15) is 5.82 Å². The molecule has 0 unspecified atom stereocenters. The first-order chi connectivity index (χ1) is 6.74. The summed E-state index contributed by atoms with van der Waals surface area (Å²) in [5.74, 6) is 0.979. The Kier molecular flexibility index (Phi) is 2.39. The zero-order valence-corrected chi connectivity index (χ0v) is 8.85. The van der Waals surface area contributed by atoms with E-state index in [0.717, 1.165) is 11.0 Å². The van der Waals surface area contributed by atoms with Crippen molar-refractivity contribution in [2.45, 2.75) is 5.88 Å². The molecule has 0 saturated heterocycles. The van der Waals surface area contributed by atoms with Crippen molar-refractivity contribution in [3.05, 3.63) is 30.1 Å². The van der Waals surface area contributed by atoms with Crippen LogP contribution in [0.25, 0.3) is 11.0 Å². The number of alkyl halides is 1. The molecule has 1 aromatic heterocycles. The molecule has 0 aliphatic carbocycles. The van der Waals surface area contributed by atoms with Crippen LogP contribution in [-0.4, -0.2) is 14.7 Å². The normalized spacial score (nSPS) is 10.6. The molecule has 0 saturated carbocycles. The van der Waals surface area contributed by atoms with E-state index in [1.165, 1.54) is 0 Å². The van der Waals surface area contributed by atoms with Gasteiger partial charge in [0.25, 0.3) is 0 Å². The number of nitrogens with two attached hydrogens (primary N) is 1. The second-order valence-electron chi connectivity index (χ2n) is 2.82. The maximum atomic E-state index is 5.75. The fourth-order valence-corrected chi connectivity index (χ4v) is 1.79. The second kappa shape index (κ2) is 3.55. The van der Waals surface area contributed by atoms with Gasteiger partial charge in [-0.1, -0.05) is 12.1 Å². The summed E-state index contributed by atoms with van der Waals surface area (Å²) in [4.78, 5) is 4.32. The zero-order chi connectivity index (χ0) is 10.1. The highest BCUT2D eigenvalue weighted by Crippen LogP contribution is 2.16. The van der Waals surface area contributed by atoms with Crippen molar-refractivity contribution in [2.24, 2.45) is 5.73 Å². The molecule has 14 heavy (non-hydrogen) atoms. The van der Waals surface area contributed by atoms with E-state index in [-0.39, 0.29) is 5.11 Å². The Bertz CT molecular complexity index is 492. The maximum Gasteiger partial charge on any atom is 0.176 e. The summed E-state index contributed by atoms with van der Waals surface area (Å²) >= 11 is 10.7. The Hall–Kier alpha value is -1.13. The fourth-order valence-electron chi connectivity index (χ4n) is 1.41. The number of nitrogens with zero attached hydrogens (tertiary/aromatic N) is 2. The smallest absolute Gasteiger partial charge is 0.176 e. The summed E-state index contributed by atoms with van der Waals surface area (Å²) in [6.45, 7) is 0. The number of benzene rings is 1. The van der Waals surface area contributed by atoms with Gasteiger partial charge >= 0.3 is 0 Å². The van der Waals surface area contributed by atoms with Crippen molar-refractivity contribution in [2.75, 3.05) is 0 Å². The maximum absolute atomic E-state index is 5.75. The van der Waals surface area contributed by atoms with E-state index in [0.29, 0.717) is 11.7 Å². The van der Waals surface area contributed by atoms with Crippen molar-refractivity contribution < 1.29 is 0 Å². The van der Waals surface area contributed by atoms with Crippen molar-refractivity contribution in [1.29, 1.82) is 0 Å². The molecule has 2 aromatic rings. The lowest BCUT2D eigenvalue weighted by molar-refractivity contribution is 1.03. The van der Waals surface area contributed by atoms with E-state index in [9.17, 15) is 0 Å². The predicted octanol–water partition coefficient (Wildman–Crippen LogP) is 1.87. The highest BCUT2D eigenvalue weighted by atomic mass is 35.5. The number of halogens is 1. The quantitative estimate of drug-likeness (QED) is 0.595. The largest absolute Gasteiger partial charge is 0.376 e. The molecule has 0 aliphatic heterocycles. The van der Waals surface area contributed by atoms with E-state index >= 15 is 0 Å². The number of hydrogen-bond donors (Lipinski definition) is 1. The first-order valence-electron chi connectivity index (χ1n) is 4.06. The minimum Gasteiger partial charge on any atom is -0.376 e. The van der Waals surface area contributed by atoms with Gasteiger partial charge in [0.05, 0.1) is 16.9 Å². The Morgan fingerprint density at radius 3 is 2.86 bits per heavy atom. The number of hydrogen-bond acceptors (Lipinski definition) is 2. The molecule has 0 radical (unpaired) electrons. The van der Waals surface area contributed by atoms with E-state index < -0.39 is 0 Å². The summed E-state index contributed by atoms with van der Waals surface area (Å²) in [6, 6.07) is 7.64. The number of fused-ring (bicyclic) bond motifs is 1. The molecule has 0 amide bonds. The van der Waals surface area contributed by atoms with Gasteiger partial charge in [-0.15, -0.1) is 11.6 Å². The first kappa shape index (κ1) is 9.43. The fraction of sp³-hybridized carbons (Fsp3) is 0.111. The van der Waals surface area contributed by atoms with Gasteiger partial charge in [-0.25, -0.2) is 4.98 Å². The van der Waals surface area contributed by atoms with Crippen molar-refractivity contribution >= 4 is 40.0 Å². The minimum atomic E-state index is 0.273. The molecule has 2 rings (SSSR count). The van der Waals surface area contributed by atoms with Crippen LogP contribution in [0.2, 0.25) is 0 Å². The van der Waals surface area contributed by atoms with Gasteiger partial charge in [-0.2, -0.15) is 0 Å². The molecule has 1 heterocycles. The van der Waals surface area contributed by atoms with Crippen LogP contribution in [0.5, 0.6) is 0 Å². The Morgan fingerprint density at radius 1 is 1.50 bits per heavy atom. The highest BCUT2D eigenvalue weighted by Gasteiger charge is 2.10. The lowest BCUT2D eigenvalue weighted by Crippen LogP contribution is -2.20. The molecule has 2 N–H and O–H groups in total. The monoisotopic (exact) mass is 225 g/mol. The Labute approximate surface area is 91.5 Å². The third-order valence-corrected chi connectivity index (χ3v) is 2.39. The van der Waals surface area contributed by atoms with Gasteiger partial charge in [0, 0.05) is 0 Å². The topological polar surface area (TPSA) is 43.8 Å². The molecule has 5 heteroatoms. The molecule has 72 valence electrons. The van der Waals surface area contributed by atoms with Crippen LogP contribution in [0, 0.1) is 0 Å². The third kappa shape index (κ3) is 1.36. The lowest BCUT2D eigenvalue weighted by Gasteiger charge is -2.02. The molecule has 0 aliphatic rings. The van der Waals surface area contributed by atoms with Crippen LogP contribution in [0.4, 0.5) is 0 Å². The Morgan fingerprint density at radius 2 is 2.21 bits per heavy atom. The standard InChI is InChI=1S/C9H8ClN3S/c10-5-8-12-6-3-1-2-4-7(6)13(8)9(11)14/h1-4H,5H2,(H2,11,14). The SMILES string of the molecule is NC(=S)n1c(CCl)nc2ccccc21. The number of imidazole rings is 1.